The highest BCUT2D eigenvalue weighted by molar-refractivity contribution is 6.34. The summed E-state index contributed by atoms with van der Waals surface area (Å²) < 4.78 is 7.98. The highest BCUT2D eigenvalue weighted by Gasteiger charge is 2.31. The number of carbonyl (C=O) groups excluding carboxylic acids is 1. The number of aryl methyl sites for hydroxylation is 4. The molecule has 214 valence electrons. The molecule has 0 N–H and O–H groups in total. The summed E-state index contributed by atoms with van der Waals surface area (Å²) in [6.45, 7) is 8.50. The average molecular weight is 599 g/mol. The van der Waals surface area contributed by atoms with Crippen LogP contribution in [-0.2, 0) is 24.7 Å². The maximum atomic E-state index is 13.9. The average Bonchev–Trinajstić information content (AvgIpc) is 3.45. The van der Waals surface area contributed by atoms with Gasteiger partial charge in [-0.05, 0) is 104 Å². The van der Waals surface area contributed by atoms with Crippen molar-refractivity contribution < 1.29 is 9.53 Å². The van der Waals surface area contributed by atoms with Crippen molar-refractivity contribution >= 4 is 34.6 Å². The van der Waals surface area contributed by atoms with E-state index < -0.39 is 0 Å². The fourth-order valence-electron chi connectivity index (χ4n) is 5.91. The topological polar surface area (TPSA) is 67.9 Å². The van der Waals surface area contributed by atoms with Gasteiger partial charge in [0.25, 0.3) is 0 Å². The van der Waals surface area contributed by atoms with E-state index in [-0.39, 0.29) is 12.2 Å². The van der Waals surface area contributed by atoms with Crippen molar-refractivity contribution in [2.45, 2.75) is 53.4 Å². The number of halogens is 2. The first-order chi connectivity index (χ1) is 20.1. The molecule has 1 aliphatic rings. The Hall–Kier alpha value is -3.85. The maximum Gasteiger partial charge on any atom is 0.163 e. The van der Waals surface area contributed by atoms with Gasteiger partial charge in [0, 0.05) is 52.3 Å². The van der Waals surface area contributed by atoms with Crippen molar-refractivity contribution in [3.05, 3.63) is 109 Å². The number of ketones is 1. The molecule has 0 fully saturated rings. The van der Waals surface area contributed by atoms with E-state index in [0.29, 0.717) is 30.0 Å². The van der Waals surface area contributed by atoms with Crippen molar-refractivity contribution in [3.63, 3.8) is 0 Å². The third kappa shape index (κ3) is 5.75. The summed E-state index contributed by atoms with van der Waals surface area (Å²) in [5.41, 5.74) is 11.4. The Balaban J connectivity index is 1.47. The number of hydrogen-bond acceptors (Lipinski definition) is 4. The van der Waals surface area contributed by atoms with Crippen LogP contribution in [0.15, 0.2) is 54.1 Å². The molecule has 7 heteroatoms. The van der Waals surface area contributed by atoms with Gasteiger partial charge < -0.3 is 4.74 Å². The summed E-state index contributed by atoms with van der Waals surface area (Å²) in [6, 6.07) is 17.3. The summed E-state index contributed by atoms with van der Waals surface area (Å²) in [5, 5.41) is 15.2. The number of ether oxygens (including phenoxy) is 1. The first-order valence-electron chi connectivity index (χ1n) is 14.0. The first-order valence-corrected chi connectivity index (χ1v) is 14.8. The number of aromatic nitrogens is 2. The molecule has 42 heavy (non-hydrogen) atoms. The Morgan fingerprint density at radius 1 is 1.02 bits per heavy atom. The predicted octanol–water partition coefficient (Wildman–Crippen LogP) is 8.48. The highest BCUT2D eigenvalue weighted by Crippen LogP contribution is 2.45. The summed E-state index contributed by atoms with van der Waals surface area (Å²) in [5.74, 6) is 0.876. The Morgan fingerprint density at radius 3 is 2.33 bits per heavy atom. The predicted molar refractivity (Wildman–Crippen MR) is 169 cm³/mol. The highest BCUT2D eigenvalue weighted by atomic mass is 35.5. The number of nitriles is 1. The van der Waals surface area contributed by atoms with Crippen LogP contribution in [0.2, 0.25) is 10.0 Å². The molecule has 4 aromatic rings. The van der Waals surface area contributed by atoms with Crippen molar-refractivity contribution in [2.24, 2.45) is 7.05 Å². The fourth-order valence-corrected chi connectivity index (χ4v) is 6.29. The first kappa shape index (κ1) is 29.6. The quantitative estimate of drug-likeness (QED) is 0.181. The van der Waals surface area contributed by atoms with Crippen molar-refractivity contribution in [1.82, 2.24) is 9.78 Å². The molecule has 0 atom stereocenters. The number of rotatable bonds is 9. The second kappa shape index (κ2) is 12.2. The van der Waals surface area contributed by atoms with Gasteiger partial charge in [-0.2, -0.15) is 10.4 Å². The Kier molecular flexibility index (Phi) is 8.59. The van der Waals surface area contributed by atoms with Crippen molar-refractivity contribution in [2.75, 3.05) is 6.61 Å². The number of nitrogens with zero attached hydrogens (tertiary/aromatic N) is 3. The zero-order valence-corrected chi connectivity index (χ0v) is 26.1. The van der Waals surface area contributed by atoms with Gasteiger partial charge in [0.15, 0.2) is 5.78 Å². The molecule has 5 nitrogen and oxygen atoms in total. The van der Waals surface area contributed by atoms with Gasteiger partial charge in [0.1, 0.15) is 5.75 Å². The number of fused-ring (bicyclic) bond motifs is 1. The van der Waals surface area contributed by atoms with Gasteiger partial charge in [-0.1, -0.05) is 41.4 Å². The minimum atomic E-state index is 0.0810. The SMILES string of the molecule is Cc1cc(OCCCC2=C(C(=O)Cc3ccc(C#N)cc3)Cc3c2ccc(Cl)c3-c2c(C)nn(C)c2C)cc(C)c1Cl. The molecular weight excluding hydrogens is 565 g/mol. The smallest absolute Gasteiger partial charge is 0.163 e. The maximum absolute atomic E-state index is 13.9. The van der Waals surface area contributed by atoms with E-state index in [0.717, 1.165) is 78.7 Å². The molecule has 0 spiro atoms. The van der Waals surface area contributed by atoms with Gasteiger partial charge in [-0.15, -0.1) is 0 Å². The van der Waals surface area contributed by atoms with E-state index in [1.54, 1.807) is 12.1 Å². The molecule has 1 aliphatic carbocycles. The van der Waals surface area contributed by atoms with Crippen LogP contribution in [-0.4, -0.2) is 22.2 Å². The van der Waals surface area contributed by atoms with Crippen LogP contribution in [0.25, 0.3) is 16.7 Å². The molecule has 0 saturated carbocycles. The lowest BCUT2D eigenvalue weighted by atomic mass is 9.93. The number of hydrogen-bond donors (Lipinski definition) is 0. The largest absolute Gasteiger partial charge is 0.494 e. The number of allylic oxidation sites excluding steroid dienone is 2. The third-order valence-corrected chi connectivity index (χ3v) is 9.01. The fraction of sp³-hybridized carbons (Fsp3) is 0.286. The van der Waals surface area contributed by atoms with E-state index in [2.05, 4.69) is 11.2 Å². The van der Waals surface area contributed by atoms with E-state index in [1.165, 1.54) is 0 Å². The van der Waals surface area contributed by atoms with Crippen molar-refractivity contribution in [3.8, 4) is 22.9 Å². The van der Waals surface area contributed by atoms with E-state index in [1.807, 2.05) is 75.8 Å². The Labute approximate surface area is 257 Å². The van der Waals surface area contributed by atoms with Gasteiger partial charge in [-0.25, -0.2) is 0 Å². The molecule has 0 unspecified atom stereocenters. The normalized spacial score (nSPS) is 12.4. The summed E-state index contributed by atoms with van der Waals surface area (Å²) in [6.07, 6.45) is 2.22. The lowest BCUT2D eigenvalue weighted by molar-refractivity contribution is -0.115. The molecule has 0 radical (unpaired) electrons. The molecule has 0 saturated heterocycles. The zero-order valence-electron chi connectivity index (χ0n) is 24.6. The van der Waals surface area contributed by atoms with Gasteiger partial charge >= 0.3 is 0 Å². The third-order valence-electron chi connectivity index (χ3n) is 8.10. The molecule has 1 heterocycles. The van der Waals surface area contributed by atoms with Crippen LogP contribution in [0.4, 0.5) is 0 Å². The van der Waals surface area contributed by atoms with Crippen LogP contribution < -0.4 is 4.74 Å². The van der Waals surface area contributed by atoms with Crippen LogP contribution in [0, 0.1) is 39.0 Å². The van der Waals surface area contributed by atoms with Crippen LogP contribution >= 0.6 is 23.2 Å². The molecule has 1 aromatic heterocycles. The van der Waals surface area contributed by atoms with E-state index >= 15 is 0 Å². The molecule has 0 amide bonds. The number of Topliss-reactive ketones (excluding diaryl/α,β-unsaturated/α-hetero) is 1. The summed E-state index contributed by atoms with van der Waals surface area (Å²) in [4.78, 5) is 13.9. The second-order valence-electron chi connectivity index (χ2n) is 11.0. The monoisotopic (exact) mass is 597 g/mol. The molecule has 0 bridgehead atoms. The number of benzene rings is 3. The van der Waals surface area contributed by atoms with Gasteiger partial charge in [0.05, 0.1) is 23.9 Å². The molecule has 0 aliphatic heterocycles. The lowest BCUT2D eigenvalue weighted by Crippen LogP contribution is -2.08. The van der Waals surface area contributed by atoms with Gasteiger partial charge in [0.2, 0.25) is 0 Å². The van der Waals surface area contributed by atoms with Crippen LogP contribution in [0.3, 0.4) is 0 Å². The summed E-state index contributed by atoms with van der Waals surface area (Å²) >= 11 is 13.2. The molecule has 3 aromatic carbocycles. The zero-order chi connectivity index (χ0) is 30.1. The standard InChI is InChI=1S/C35H33Cl2N3O2/c1-20-15-26(16-21(2)35(20)37)42-14-6-7-27-28-12-13-31(36)34(33-22(3)39-40(5)23(33)4)30(28)18-29(27)32(41)17-24-8-10-25(19-38)11-9-24/h8-13,15-16H,6-7,14,17-18H2,1-5H3. The van der Waals surface area contributed by atoms with Crippen LogP contribution in [0.5, 0.6) is 5.75 Å². The minimum Gasteiger partial charge on any atom is -0.494 e. The molecular formula is C35H33Cl2N3O2. The van der Waals surface area contributed by atoms with E-state index in [4.69, 9.17) is 33.2 Å². The van der Waals surface area contributed by atoms with Crippen LogP contribution in [0.1, 0.15) is 57.6 Å². The van der Waals surface area contributed by atoms with Crippen molar-refractivity contribution in [1.29, 1.82) is 5.26 Å². The lowest BCUT2D eigenvalue weighted by Gasteiger charge is -2.14. The Morgan fingerprint density at radius 2 is 1.71 bits per heavy atom. The van der Waals surface area contributed by atoms with Gasteiger partial charge in [-0.3, -0.25) is 9.48 Å². The summed E-state index contributed by atoms with van der Waals surface area (Å²) in [7, 11) is 1.93. The second-order valence-corrected chi connectivity index (χ2v) is 11.8. The van der Waals surface area contributed by atoms with E-state index in [9.17, 15) is 4.79 Å². The number of carbonyl (C=O) groups is 1. The minimum absolute atomic E-state index is 0.0810. The molecule has 5 rings (SSSR count). The Bertz CT molecular complexity index is 1750.